The maximum Gasteiger partial charge on any atom is 0.159 e. The molecule has 5 atom stereocenters. The van der Waals surface area contributed by atoms with Gasteiger partial charge in [-0.2, -0.15) is 0 Å². The number of rotatable bonds is 1. The molecule has 0 spiro atoms. The van der Waals surface area contributed by atoms with Crippen molar-refractivity contribution >= 4 is 0 Å². The van der Waals surface area contributed by atoms with Gasteiger partial charge in [0.2, 0.25) is 0 Å². The highest BCUT2D eigenvalue weighted by Crippen LogP contribution is 2.38. The van der Waals surface area contributed by atoms with Crippen molar-refractivity contribution in [3.8, 4) is 0 Å². The van der Waals surface area contributed by atoms with Crippen LogP contribution in [0.1, 0.15) is 46.0 Å². The molecule has 1 unspecified atom stereocenters. The van der Waals surface area contributed by atoms with Gasteiger partial charge in [-0.1, -0.05) is 33.1 Å². The lowest BCUT2D eigenvalue weighted by atomic mass is 9.75. The maximum absolute atomic E-state index is 10.1. The first-order valence-corrected chi connectivity index (χ1v) is 6.63. The van der Waals surface area contributed by atoms with Gasteiger partial charge in [0.1, 0.15) is 0 Å². The van der Waals surface area contributed by atoms with Crippen LogP contribution in [0.4, 0.5) is 0 Å². The molecule has 16 heavy (non-hydrogen) atoms. The second-order valence-electron chi connectivity index (χ2n) is 5.60. The van der Waals surface area contributed by atoms with Crippen molar-refractivity contribution in [2.75, 3.05) is 0 Å². The highest BCUT2D eigenvalue weighted by Gasteiger charge is 2.42. The smallest absolute Gasteiger partial charge is 0.159 e. The van der Waals surface area contributed by atoms with E-state index < -0.39 is 12.4 Å². The van der Waals surface area contributed by atoms with Gasteiger partial charge in [-0.25, -0.2) is 0 Å². The Morgan fingerprint density at radius 2 is 1.56 bits per heavy atom. The molecule has 1 aliphatic carbocycles. The Morgan fingerprint density at radius 3 is 2.19 bits per heavy atom. The van der Waals surface area contributed by atoms with Crippen LogP contribution >= 0.6 is 0 Å². The second kappa shape index (κ2) is 5.03. The van der Waals surface area contributed by atoms with Crippen LogP contribution in [0.3, 0.4) is 0 Å². The summed E-state index contributed by atoms with van der Waals surface area (Å²) in [5.41, 5.74) is 0. The van der Waals surface area contributed by atoms with E-state index in [4.69, 9.17) is 4.74 Å². The zero-order valence-electron chi connectivity index (χ0n) is 10.3. The molecular formula is C13H24O3. The maximum atomic E-state index is 10.1. The molecule has 0 aromatic carbocycles. The summed E-state index contributed by atoms with van der Waals surface area (Å²) >= 11 is 0. The fourth-order valence-electron chi connectivity index (χ4n) is 3.25. The fraction of sp³-hybridized carbons (Fsp3) is 1.00. The fourth-order valence-corrected chi connectivity index (χ4v) is 3.25. The molecule has 1 heterocycles. The minimum absolute atomic E-state index is 0.0431. The molecule has 0 radical (unpaired) electrons. The Hall–Kier alpha value is -0.120. The predicted molar refractivity (Wildman–Crippen MR) is 61.8 cm³/mol. The molecule has 2 aliphatic rings. The molecule has 0 bridgehead atoms. The minimum atomic E-state index is -0.793. The van der Waals surface area contributed by atoms with E-state index in [1.165, 1.54) is 32.1 Å². The summed E-state index contributed by atoms with van der Waals surface area (Å²) in [5, 5.41) is 19.9. The van der Waals surface area contributed by atoms with Crippen LogP contribution < -0.4 is 0 Å². The van der Waals surface area contributed by atoms with Crippen LogP contribution in [0.2, 0.25) is 0 Å². The summed E-state index contributed by atoms with van der Waals surface area (Å²) in [6.45, 7) is 3.90. The van der Waals surface area contributed by atoms with Crippen molar-refractivity contribution in [1.29, 1.82) is 0 Å². The number of hydrogen-bond acceptors (Lipinski definition) is 3. The van der Waals surface area contributed by atoms with E-state index in [1.807, 2.05) is 13.8 Å². The number of aliphatic hydroxyl groups excluding tert-OH is 2. The van der Waals surface area contributed by atoms with Crippen LogP contribution in [0.5, 0.6) is 0 Å². The number of hydrogen-bond donors (Lipinski definition) is 2. The largest absolute Gasteiger partial charge is 0.392 e. The topological polar surface area (TPSA) is 49.7 Å². The Labute approximate surface area is 97.8 Å². The standard InChI is InChI=1S/C13H24O3/c1-8-11(14)9(2)13(15)16-12(8)10-6-4-3-5-7-10/h8-15H,3-7H2,1-2H3/t8-,9-,11-,12-,13?/m0/s1. The first-order valence-electron chi connectivity index (χ1n) is 6.63. The van der Waals surface area contributed by atoms with Gasteiger partial charge in [0.15, 0.2) is 6.29 Å². The van der Waals surface area contributed by atoms with Gasteiger partial charge in [-0.05, 0) is 18.8 Å². The summed E-state index contributed by atoms with van der Waals surface area (Å²) < 4.78 is 5.72. The van der Waals surface area contributed by atoms with Crippen LogP contribution in [-0.2, 0) is 4.74 Å². The zero-order chi connectivity index (χ0) is 11.7. The normalized spacial score (nSPS) is 46.9. The van der Waals surface area contributed by atoms with Gasteiger partial charge in [-0.3, -0.25) is 0 Å². The third-order valence-corrected chi connectivity index (χ3v) is 4.46. The first kappa shape index (κ1) is 12.3. The van der Waals surface area contributed by atoms with Gasteiger partial charge in [0.25, 0.3) is 0 Å². The SMILES string of the molecule is C[C@H]1[C@H](O)[C@H](C)C(O)O[C@@H]1C1CCCCC1. The molecule has 0 aromatic rings. The summed E-state index contributed by atoms with van der Waals surface area (Å²) in [7, 11) is 0. The van der Waals surface area contributed by atoms with Crippen molar-refractivity contribution in [3.63, 3.8) is 0 Å². The third kappa shape index (κ3) is 2.27. The number of aliphatic hydroxyl groups is 2. The molecule has 2 N–H and O–H groups in total. The lowest BCUT2D eigenvalue weighted by molar-refractivity contribution is -0.255. The average molecular weight is 228 g/mol. The molecule has 2 fully saturated rings. The van der Waals surface area contributed by atoms with Gasteiger partial charge in [-0.15, -0.1) is 0 Å². The summed E-state index contributed by atoms with van der Waals surface area (Å²) in [5.74, 6) is 0.497. The Morgan fingerprint density at radius 1 is 0.938 bits per heavy atom. The van der Waals surface area contributed by atoms with Crippen molar-refractivity contribution in [1.82, 2.24) is 0 Å². The van der Waals surface area contributed by atoms with Crippen LogP contribution in [-0.4, -0.2) is 28.7 Å². The molecule has 3 heteroatoms. The molecular weight excluding hydrogens is 204 g/mol. The Bertz CT molecular complexity index is 223. The third-order valence-electron chi connectivity index (χ3n) is 4.46. The highest BCUT2D eigenvalue weighted by molar-refractivity contribution is 4.88. The van der Waals surface area contributed by atoms with Gasteiger partial charge in [0, 0.05) is 11.8 Å². The van der Waals surface area contributed by atoms with E-state index in [2.05, 4.69) is 0 Å². The zero-order valence-corrected chi connectivity index (χ0v) is 10.3. The van der Waals surface area contributed by atoms with Crippen molar-refractivity contribution < 1.29 is 14.9 Å². The van der Waals surface area contributed by atoms with Crippen LogP contribution in [0.25, 0.3) is 0 Å². The van der Waals surface area contributed by atoms with E-state index in [1.54, 1.807) is 0 Å². The number of ether oxygens (including phenoxy) is 1. The highest BCUT2D eigenvalue weighted by atomic mass is 16.6. The van der Waals surface area contributed by atoms with Crippen molar-refractivity contribution in [2.24, 2.45) is 17.8 Å². The van der Waals surface area contributed by atoms with Gasteiger partial charge in [0.05, 0.1) is 12.2 Å². The minimum Gasteiger partial charge on any atom is -0.392 e. The Kier molecular flexibility index (Phi) is 3.88. The van der Waals surface area contributed by atoms with Crippen molar-refractivity contribution in [3.05, 3.63) is 0 Å². The molecule has 1 aliphatic heterocycles. The predicted octanol–water partition coefficient (Wildman–Crippen LogP) is 1.92. The van der Waals surface area contributed by atoms with Gasteiger partial charge >= 0.3 is 0 Å². The van der Waals surface area contributed by atoms with E-state index >= 15 is 0 Å². The molecule has 2 rings (SSSR count). The van der Waals surface area contributed by atoms with E-state index in [0.29, 0.717) is 5.92 Å². The molecule has 0 amide bonds. The molecule has 0 aromatic heterocycles. The second-order valence-corrected chi connectivity index (χ2v) is 5.60. The molecule has 3 nitrogen and oxygen atoms in total. The van der Waals surface area contributed by atoms with Gasteiger partial charge < -0.3 is 14.9 Å². The van der Waals surface area contributed by atoms with E-state index in [-0.39, 0.29) is 17.9 Å². The molecule has 1 saturated heterocycles. The lowest BCUT2D eigenvalue weighted by Gasteiger charge is -2.44. The Balaban J connectivity index is 2.02. The monoisotopic (exact) mass is 228 g/mol. The van der Waals surface area contributed by atoms with E-state index in [0.717, 1.165) is 0 Å². The van der Waals surface area contributed by atoms with Crippen molar-refractivity contribution in [2.45, 2.75) is 64.4 Å². The summed E-state index contributed by atoms with van der Waals surface area (Å²) in [6, 6.07) is 0. The first-order chi connectivity index (χ1) is 7.61. The molecule has 1 saturated carbocycles. The quantitative estimate of drug-likeness (QED) is 0.721. The van der Waals surface area contributed by atoms with Crippen LogP contribution in [0, 0.1) is 17.8 Å². The lowest BCUT2D eigenvalue weighted by Crippen LogP contribution is -2.51. The molecule has 94 valence electrons. The van der Waals surface area contributed by atoms with E-state index in [9.17, 15) is 10.2 Å². The average Bonchev–Trinajstić information content (AvgIpc) is 2.32. The summed E-state index contributed by atoms with van der Waals surface area (Å²) in [4.78, 5) is 0. The summed E-state index contributed by atoms with van der Waals surface area (Å²) in [6.07, 6.45) is 5.03. The van der Waals surface area contributed by atoms with Crippen LogP contribution in [0.15, 0.2) is 0 Å².